The van der Waals surface area contributed by atoms with Gasteiger partial charge in [0.1, 0.15) is 5.75 Å². The molecular weight excluding hydrogens is 258 g/mol. The highest BCUT2D eigenvalue weighted by Crippen LogP contribution is 2.20. The Morgan fingerprint density at radius 1 is 1.35 bits per heavy atom. The van der Waals surface area contributed by atoms with Gasteiger partial charge < -0.3 is 14.9 Å². The summed E-state index contributed by atoms with van der Waals surface area (Å²) in [6.45, 7) is 4.89. The quantitative estimate of drug-likeness (QED) is 0.760. The van der Waals surface area contributed by atoms with E-state index in [4.69, 9.17) is 9.84 Å². The van der Waals surface area contributed by atoms with Gasteiger partial charge in [-0.3, -0.25) is 9.69 Å². The van der Waals surface area contributed by atoms with E-state index in [1.807, 2.05) is 19.9 Å². The van der Waals surface area contributed by atoms with Crippen LogP contribution in [0.4, 0.5) is 0 Å². The zero-order chi connectivity index (χ0) is 15.1. The average Bonchev–Trinajstić information content (AvgIpc) is 2.37. The number of hydrogen-bond donors (Lipinski definition) is 2. The predicted octanol–water partition coefficient (Wildman–Crippen LogP) is 1.77. The number of carboxylic acid groups (broad SMARTS) is 1. The Hall–Kier alpha value is -1.59. The lowest BCUT2D eigenvalue weighted by Gasteiger charge is -2.25. The maximum Gasteiger partial charge on any atom is 0.317 e. The number of aliphatic carboxylic acids is 1. The summed E-state index contributed by atoms with van der Waals surface area (Å²) in [7, 11) is 1.57. The third kappa shape index (κ3) is 5.59. The standard InChI is InChI=1S/C15H23NO4/c1-11(2)8-16(10-15(18)19)9-14(17)12-5-4-6-13(7-12)20-3/h4-7,11,14,17H,8-10H2,1-3H3,(H,18,19). The molecule has 0 aliphatic carbocycles. The van der Waals surface area contributed by atoms with Gasteiger partial charge in [0.2, 0.25) is 0 Å². The summed E-state index contributed by atoms with van der Waals surface area (Å²) in [5.41, 5.74) is 0.725. The zero-order valence-corrected chi connectivity index (χ0v) is 12.2. The number of aliphatic hydroxyl groups excluding tert-OH is 1. The second-order valence-electron chi connectivity index (χ2n) is 5.27. The SMILES string of the molecule is COc1cccc(C(O)CN(CC(=O)O)CC(C)C)c1. The van der Waals surface area contributed by atoms with Crippen LogP contribution in [0.2, 0.25) is 0 Å². The number of hydrogen-bond acceptors (Lipinski definition) is 4. The summed E-state index contributed by atoms with van der Waals surface area (Å²) >= 11 is 0. The largest absolute Gasteiger partial charge is 0.497 e. The molecule has 1 atom stereocenters. The first-order valence-electron chi connectivity index (χ1n) is 6.68. The van der Waals surface area contributed by atoms with Crippen molar-refractivity contribution in [2.75, 3.05) is 26.7 Å². The molecule has 0 heterocycles. The van der Waals surface area contributed by atoms with Crippen molar-refractivity contribution in [1.82, 2.24) is 4.90 Å². The number of methoxy groups -OCH3 is 1. The van der Waals surface area contributed by atoms with Crippen molar-refractivity contribution in [3.05, 3.63) is 29.8 Å². The van der Waals surface area contributed by atoms with Crippen molar-refractivity contribution in [1.29, 1.82) is 0 Å². The first-order valence-corrected chi connectivity index (χ1v) is 6.68. The Balaban J connectivity index is 2.72. The highest BCUT2D eigenvalue weighted by atomic mass is 16.5. The van der Waals surface area contributed by atoms with Crippen molar-refractivity contribution < 1.29 is 19.7 Å². The van der Waals surface area contributed by atoms with Crippen LogP contribution in [0.3, 0.4) is 0 Å². The molecular formula is C15H23NO4. The van der Waals surface area contributed by atoms with Crippen LogP contribution in [0.1, 0.15) is 25.5 Å². The Morgan fingerprint density at radius 3 is 2.60 bits per heavy atom. The Kier molecular flexibility index (Phi) is 6.48. The first-order chi connectivity index (χ1) is 9.42. The van der Waals surface area contributed by atoms with E-state index in [1.165, 1.54) is 0 Å². The molecule has 0 radical (unpaired) electrons. The molecule has 0 saturated carbocycles. The zero-order valence-electron chi connectivity index (χ0n) is 12.2. The lowest BCUT2D eigenvalue weighted by Crippen LogP contribution is -2.36. The summed E-state index contributed by atoms with van der Waals surface area (Å²) in [6.07, 6.45) is -0.733. The predicted molar refractivity (Wildman–Crippen MR) is 76.9 cm³/mol. The second kappa shape index (κ2) is 7.87. The smallest absolute Gasteiger partial charge is 0.317 e. The lowest BCUT2D eigenvalue weighted by molar-refractivity contribution is -0.138. The average molecular weight is 281 g/mol. The van der Waals surface area contributed by atoms with Crippen molar-refractivity contribution >= 4 is 5.97 Å². The summed E-state index contributed by atoms with van der Waals surface area (Å²) in [5.74, 6) is 0.130. The molecule has 2 N–H and O–H groups in total. The van der Waals surface area contributed by atoms with Gasteiger partial charge in [0.05, 0.1) is 19.8 Å². The molecule has 1 aromatic rings. The third-order valence-corrected chi connectivity index (χ3v) is 2.89. The molecule has 0 spiro atoms. The number of aliphatic hydroxyl groups is 1. The molecule has 1 aromatic carbocycles. The van der Waals surface area contributed by atoms with Gasteiger partial charge in [-0.2, -0.15) is 0 Å². The molecule has 0 aliphatic rings. The molecule has 0 aliphatic heterocycles. The monoisotopic (exact) mass is 281 g/mol. The van der Waals surface area contributed by atoms with Crippen LogP contribution in [-0.4, -0.2) is 47.8 Å². The maximum atomic E-state index is 10.9. The third-order valence-electron chi connectivity index (χ3n) is 2.89. The van der Waals surface area contributed by atoms with E-state index in [9.17, 15) is 9.90 Å². The number of carboxylic acids is 1. The van der Waals surface area contributed by atoms with Crippen LogP contribution in [0, 0.1) is 5.92 Å². The second-order valence-corrected chi connectivity index (χ2v) is 5.27. The van der Waals surface area contributed by atoms with Gasteiger partial charge in [-0.25, -0.2) is 0 Å². The van der Waals surface area contributed by atoms with Crippen LogP contribution in [0.15, 0.2) is 24.3 Å². The lowest BCUT2D eigenvalue weighted by atomic mass is 10.1. The molecule has 0 saturated heterocycles. The number of rotatable bonds is 8. The molecule has 1 unspecified atom stereocenters. The van der Waals surface area contributed by atoms with Crippen molar-refractivity contribution in [2.24, 2.45) is 5.92 Å². The van der Waals surface area contributed by atoms with E-state index < -0.39 is 12.1 Å². The summed E-state index contributed by atoms with van der Waals surface area (Å²) < 4.78 is 5.12. The molecule has 0 aromatic heterocycles. The van der Waals surface area contributed by atoms with Crippen LogP contribution in [0.5, 0.6) is 5.75 Å². The Bertz CT molecular complexity index is 434. The van der Waals surface area contributed by atoms with Gasteiger partial charge in [-0.1, -0.05) is 26.0 Å². The van der Waals surface area contributed by atoms with Crippen molar-refractivity contribution in [3.63, 3.8) is 0 Å². The summed E-state index contributed by atoms with van der Waals surface area (Å²) in [6, 6.07) is 7.18. The Morgan fingerprint density at radius 2 is 2.05 bits per heavy atom. The molecule has 0 fully saturated rings. The van der Waals surface area contributed by atoms with Gasteiger partial charge >= 0.3 is 5.97 Å². The minimum Gasteiger partial charge on any atom is -0.497 e. The Labute approximate surface area is 119 Å². The molecule has 112 valence electrons. The maximum absolute atomic E-state index is 10.9. The minimum atomic E-state index is -0.886. The fourth-order valence-electron chi connectivity index (χ4n) is 2.11. The molecule has 5 nitrogen and oxygen atoms in total. The van der Waals surface area contributed by atoms with Gasteiger partial charge in [0.25, 0.3) is 0 Å². The van der Waals surface area contributed by atoms with Crippen molar-refractivity contribution in [2.45, 2.75) is 20.0 Å². The van der Waals surface area contributed by atoms with Gasteiger partial charge in [-0.15, -0.1) is 0 Å². The number of benzene rings is 1. The normalized spacial score (nSPS) is 12.7. The molecule has 5 heteroatoms. The van der Waals surface area contributed by atoms with Gasteiger partial charge in [0, 0.05) is 13.1 Å². The van der Waals surface area contributed by atoms with Gasteiger partial charge in [-0.05, 0) is 23.6 Å². The van der Waals surface area contributed by atoms with E-state index in [0.717, 1.165) is 5.56 Å². The van der Waals surface area contributed by atoms with Gasteiger partial charge in [0.15, 0.2) is 0 Å². The molecule has 1 rings (SSSR count). The van der Waals surface area contributed by atoms with E-state index in [2.05, 4.69) is 0 Å². The van der Waals surface area contributed by atoms with E-state index in [-0.39, 0.29) is 13.1 Å². The first kappa shape index (κ1) is 16.5. The van der Waals surface area contributed by atoms with Crippen molar-refractivity contribution in [3.8, 4) is 5.75 Å². The number of carbonyl (C=O) groups is 1. The van der Waals surface area contributed by atoms with Crippen LogP contribution in [-0.2, 0) is 4.79 Å². The summed E-state index contributed by atoms with van der Waals surface area (Å²) in [5, 5.41) is 19.2. The molecule has 0 amide bonds. The minimum absolute atomic E-state index is 0.0702. The fourth-order valence-corrected chi connectivity index (χ4v) is 2.11. The molecule has 0 bridgehead atoms. The highest BCUT2D eigenvalue weighted by Gasteiger charge is 2.17. The van der Waals surface area contributed by atoms with Crippen LogP contribution >= 0.6 is 0 Å². The highest BCUT2D eigenvalue weighted by molar-refractivity contribution is 5.69. The van der Waals surface area contributed by atoms with E-state index in [0.29, 0.717) is 18.2 Å². The number of ether oxygens (including phenoxy) is 1. The van der Waals surface area contributed by atoms with E-state index >= 15 is 0 Å². The van der Waals surface area contributed by atoms with Crippen LogP contribution < -0.4 is 4.74 Å². The molecule has 20 heavy (non-hydrogen) atoms. The number of nitrogens with zero attached hydrogens (tertiary/aromatic N) is 1. The van der Waals surface area contributed by atoms with E-state index in [1.54, 1.807) is 30.2 Å². The fraction of sp³-hybridized carbons (Fsp3) is 0.533. The topological polar surface area (TPSA) is 70.0 Å². The summed E-state index contributed by atoms with van der Waals surface area (Å²) in [4.78, 5) is 12.6. The van der Waals surface area contributed by atoms with Crippen LogP contribution in [0.25, 0.3) is 0 Å².